The van der Waals surface area contributed by atoms with Gasteiger partial charge in [-0.1, -0.05) is 0 Å². The molecule has 1 aliphatic rings. The highest BCUT2D eigenvalue weighted by Crippen LogP contribution is 1.97. The third-order valence-electron chi connectivity index (χ3n) is 3.19. The largest absolute Gasteiger partial charge is 0.316 e. The fraction of sp³-hybridized carbons (Fsp3) is 0.800. The van der Waals surface area contributed by atoms with Crippen molar-refractivity contribution in [1.29, 1.82) is 0 Å². The Balaban J connectivity index is 2.10. The van der Waals surface area contributed by atoms with Gasteiger partial charge in [-0.2, -0.15) is 9.78 Å². The summed E-state index contributed by atoms with van der Waals surface area (Å²) in [4.78, 5) is 1.61. The molecule has 0 unspecified atom stereocenters. The molecule has 1 fully saturated rings. The lowest BCUT2D eigenvalue weighted by atomic mass is 10.1. The van der Waals surface area contributed by atoms with E-state index >= 15 is 0 Å². The number of likely N-dealkylation sites (tertiary alicyclic amines) is 1. The van der Waals surface area contributed by atoms with Crippen LogP contribution in [0.5, 0.6) is 0 Å². The fourth-order valence-corrected chi connectivity index (χ4v) is 2.36. The molecule has 0 aliphatic carbocycles. The van der Waals surface area contributed by atoms with Gasteiger partial charge in [0.15, 0.2) is 6.67 Å². The van der Waals surface area contributed by atoms with Crippen LogP contribution < -0.4 is 4.90 Å². The predicted molar refractivity (Wildman–Crippen MR) is 61.3 cm³/mol. The summed E-state index contributed by atoms with van der Waals surface area (Å²) in [5, 5.41) is 4.46. The molecule has 84 valence electrons. The fourth-order valence-electron chi connectivity index (χ4n) is 2.12. The molecule has 5 heteroatoms. The van der Waals surface area contributed by atoms with Crippen LogP contribution in [0, 0.1) is 11.7 Å². The second kappa shape index (κ2) is 4.45. The zero-order chi connectivity index (χ0) is 10.8. The molecule has 4 nitrogen and oxygen atoms in total. The van der Waals surface area contributed by atoms with Crippen LogP contribution in [0.1, 0.15) is 25.1 Å². The summed E-state index contributed by atoms with van der Waals surface area (Å²) >= 11 is 5.33. The molecule has 0 saturated carbocycles. The van der Waals surface area contributed by atoms with Gasteiger partial charge in [0.05, 0.1) is 13.1 Å². The Morgan fingerprint density at radius 1 is 1.33 bits per heavy atom. The molecule has 1 aromatic rings. The maximum Gasteiger partial charge on any atom is 0.202 e. The van der Waals surface area contributed by atoms with Crippen LogP contribution >= 0.6 is 12.2 Å². The summed E-state index contributed by atoms with van der Waals surface area (Å²) in [6.07, 6.45) is 4.07. The average Bonchev–Trinajstić information content (AvgIpc) is 2.48. The first-order chi connectivity index (χ1) is 7.18. The van der Waals surface area contributed by atoms with E-state index in [0.717, 1.165) is 17.3 Å². The van der Waals surface area contributed by atoms with Crippen molar-refractivity contribution in [3.63, 3.8) is 0 Å². The lowest BCUT2D eigenvalue weighted by Gasteiger charge is -2.22. The van der Waals surface area contributed by atoms with E-state index in [0.29, 0.717) is 0 Å². The number of nitrogens with one attached hydrogen (secondary N) is 1. The van der Waals surface area contributed by atoms with Crippen LogP contribution in [0.15, 0.2) is 0 Å². The van der Waals surface area contributed by atoms with Crippen molar-refractivity contribution in [2.75, 3.05) is 13.1 Å². The maximum atomic E-state index is 5.33. The second-order valence-electron chi connectivity index (χ2n) is 4.36. The molecule has 2 heterocycles. The summed E-state index contributed by atoms with van der Waals surface area (Å²) in [7, 11) is 1.98. The normalized spacial score (nSPS) is 18.3. The zero-order valence-corrected chi connectivity index (χ0v) is 10.3. The molecule has 2 rings (SSSR count). The van der Waals surface area contributed by atoms with Crippen LogP contribution in [-0.4, -0.2) is 27.4 Å². The van der Waals surface area contributed by atoms with Crippen molar-refractivity contribution >= 4 is 12.2 Å². The van der Waals surface area contributed by atoms with Crippen LogP contribution in [0.25, 0.3) is 0 Å². The van der Waals surface area contributed by atoms with Gasteiger partial charge >= 0.3 is 0 Å². The van der Waals surface area contributed by atoms with Gasteiger partial charge < -0.3 is 9.47 Å². The molecule has 15 heavy (non-hydrogen) atoms. The van der Waals surface area contributed by atoms with E-state index in [1.165, 1.54) is 32.4 Å². The summed E-state index contributed by atoms with van der Waals surface area (Å²) < 4.78 is 4.77. The summed E-state index contributed by atoms with van der Waals surface area (Å²) in [5.41, 5.74) is 0. The number of aryl methyl sites for hydroxylation is 1. The number of aromatic nitrogens is 3. The second-order valence-corrected chi connectivity index (χ2v) is 4.72. The SMILES string of the molecule is Cc1nn(C[NH+]2CCCCC2)c(=S)n1C. The molecule has 0 bridgehead atoms. The molecule has 0 atom stereocenters. The number of hydrogen-bond acceptors (Lipinski definition) is 2. The summed E-state index contributed by atoms with van der Waals surface area (Å²) in [6, 6.07) is 0. The molecule has 0 spiro atoms. The van der Waals surface area contributed by atoms with E-state index in [2.05, 4.69) is 5.10 Å². The summed E-state index contributed by atoms with van der Waals surface area (Å²) in [6.45, 7) is 5.45. The van der Waals surface area contributed by atoms with Gasteiger partial charge in [-0.25, -0.2) is 0 Å². The van der Waals surface area contributed by atoms with Crippen molar-refractivity contribution in [3.8, 4) is 0 Å². The van der Waals surface area contributed by atoms with E-state index in [9.17, 15) is 0 Å². The maximum absolute atomic E-state index is 5.33. The first-order valence-corrected chi connectivity index (χ1v) is 6.03. The molecular formula is C10H19N4S+. The molecule has 1 saturated heterocycles. The Morgan fingerprint density at radius 2 is 2.00 bits per heavy atom. The number of hydrogen-bond donors (Lipinski definition) is 1. The topological polar surface area (TPSA) is 27.2 Å². The highest BCUT2D eigenvalue weighted by atomic mass is 32.1. The number of quaternary nitrogens is 1. The average molecular weight is 227 g/mol. The van der Waals surface area contributed by atoms with Crippen molar-refractivity contribution < 1.29 is 4.90 Å². The Kier molecular flexibility index (Phi) is 3.21. The van der Waals surface area contributed by atoms with E-state index in [-0.39, 0.29) is 0 Å². The van der Waals surface area contributed by atoms with Gasteiger partial charge in [-0.05, 0) is 38.4 Å². The molecule has 0 radical (unpaired) electrons. The van der Waals surface area contributed by atoms with Crippen LogP contribution in [0.4, 0.5) is 0 Å². The molecule has 1 N–H and O–H groups in total. The lowest BCUT2D eigenvalue weighted by molar-refractivity contribution is -0.928. The van der Waals surface area contributed by atoms with Gasteiger partial charge in [0.2, 0.25) is 4.77 Å². The van der Waals surface area contributed by atoms with E-state index in [1.807, 2.05) is 23.2 Å². The van der Waals surface area contributed by atoms with Crippen LogP contribution in [0.3, 0.4) is 0 Å². The van der Waals surface area contributed by atoms with E-state index in [4.69, 9.17) is 12.2 Å². The smallest absolute Gasteiger partial charge is 0.202 e. The molecule has 1 aromatic heterocycles. The highest BCUT2D eigenvalue weighted by molar-refractivity contribution is 7.71. The van der Waals surface area contributed by atoms with Gasteiger partial charge in [0.25, 0.3) is 0 Å². The number of nitrogens with zero attached hydrogens (tertiary/aromatic N) is 3. The van der Waals surface area contributed by atoms with Gasteiger partial charge in [0.1, 0.15) is 5.82 Å². The molecule has 1 aliphatic heterocycles. The van der Waals surface area contributed by atoms with Crippen LogP contribution in [0.2, 0.25) is 0 Å². The molecular weight excluding hydrogens is 208 g/mol. The van der Waals surface area contributed by atoms with Gasteiger partial charge in [0, 0.05) is 7.05 Å². The Bertz CT molecular complexity index is 387. The third-order valence-corrected chi connectivity index (χ3v) is 3.68. The molecule has 0 aromatic carbocycles. The van der Waals surface area contributed by atoms with Crippen molar-refractivity contribution in [1.82, 2.24) is 14.3 Å². The third kappa shape index (κ3) is 2.29. The quantitative estimate of drug-likeness (QED) is 0.735. The molecule has 0 amide bonds. The lowest BCUT2D eigenvalue weighted by Crippen LogP contribution is -3.12. The number of rotatable bonds is 2. The minimum atomic E-state index is 0.838. The Labute approximate surface area is 95.5 Å². The van der Waals surface area contributed by atoms with E-state index < -0.39 is 0 Å². The van der Waals surface area contributed by atoms with E-state index in [1.54, 1.807) is 4.90 Å². The zero-order valence-electron chi connectivity index (χ0n) is 9.49. The monoisotopic (exact) mass is 227 g/mol. The Hall–Kier alpha value is -0.680. The Morgan fingerprint density at radius 3 is 2.53 bits per heavy atom. The van der Waals surface area contributed by atoms with Gasteiger partial charge in [-0.15, -0.1) is 0 Å². The first-order valence-electron chi connectivity index (χ1n) is 5.62. The minimum Gasteiger partial charge on any atom is -0.316 e. The predicted octanol–water partition coefficient (Wildman–Crippen LogP) is 0.286. The van der Waals surface area contributed by atoms with Crippen molar-refractivity contribution in [3.05, 3.63) is 10.6 Å². The first kappa shape index (κ1) is 10.8. The van der Waals surface area contributed by atoms with Crippen molar-refractivity contribution in [2.45, 2.75) is 32.9 Å². The summed E-state index contributed by atoms with van der Waals surface area (Å²) in [5.74, 6) is 0.997. The minimum absolute atomic E-state index is 0.838. The van der Waals surface area contributed by atoms with Crippen LogP contribution in [-0.2, 0) is 13.7 Å². The highest BCUT2D eigenvalue weighted by Gasteiger charge is 2.15. The van der Waals surface area contributed by atoms with Gasteiger partial charge in [-0.3, -0.25) is 0 Å². The standard InChI is InChI=1S/C10H18N4S/c1-9-11-14(10(15)12(9)2)8-13-6-4-3-5-7-13/h3-8H2,1-2H3/p+1. The van der Waals surface area contributed by atoms with Crippen molar-refractivity contribution in [2.24, 2.45) is 7.05 Å². The number of piperidine rings is 1.